The number of aliphatic carboxylic acids is 1. The second-order valence-electron chi connectivity index (χ2n) is 17.5. The summed E-state index contributed by atoms with van der Waals surface area (Å²) in [6.07, 6.45) is 4.12. The summed E-state index contributed by atoms with van der Waals surface area (Å²) in [5.74, 6) is -1.48. The molecule has 17 heteroatoms. The highest BCUT2D eigenvalue weighted by Gasteiger charge is 2.43. The van der Waals surface area contributed by atoms with Crippen LogP contribution in [0.3, 0.4) is 0 Å². The predicted molar refractivity (Wildman–Crippen MR) is 269 cm³/mol. The van der Waals surface area contributed by atoms with Crippen LogP contribution in [0.1, 0.15) is 89.5 Å². The monoisotopic (exact) mass is 1030 g/mol. The number of carboxylic acids is 1. The van der Waals surface area contributed by atoms with Crippen LogP contribution in [0.4, 0.5) is 10.5 Å². The van der Waals surface area contributed by atoms with Gasteiger partial charge in [-0.3, -0.25) is 14.4 Å². The first-order valence-electron chi connectivity index (χ1n) is 22.3. The Labute approximate surface area is 424 Å². The third kappa shape index (κ3) is 18.5. The first-order valence-corrected chi connectivity index (χ1v) is 23.9. The standard InChI is InChI=1S/C26H31NO6.C22H24ClNO3.C4H5Cl3O2/c1-16(2)13-22(23(28)29)33-24(30)26(3,4)15-27-25(31)32-14-21-19-11-7-5-9-17(19)18-10-6-8-12-20(18)21;1-15(21-22(27-21)16-9-4-3-5-10-16)8-6-7-11-20(25)24-17-12-13-19(26-2)18(23)14-17;1-3(8)9-2-4(5,6)7/h5-12,16,21-22H,13-15H2,1-4H3,(H,27,31)(H,28,29);3-5,7,9-15,21-22H,6,8H2,1-2H3,(H,24,25);2H2,1H3/b;11-7+;. The maximum atomic E-state index is 12.5. The molecule has 4 atom stereocenters. The van der Waals surface area contributed by atoms with Gasteiger partial charge in [0, 0.05) is 25.1 Å². The Morgan fingerprint density at radius 2 is 1.46 bits per heavy atom. The molecule has 0 aromatic heterocycles. The lowest BCUT2D eigenvalue weighted by Crippen LogP contribution is -2.42. The molecule has 0 spiro atoms. The highest BCUT2D eigenvalue weighted by atomic mass is 35.6. The van der Waals surface area contributed by atoms with Crippen molar-refractivity contribution in [3.05, 3.63) is 131 Å². The fourth-order valence-corrected chi connectivity index (χ4v) is 7.65. The summed E-state index contributed by atoms with van der Waals surface area (Å²) in [5, 5.41) is 15.2. The highest BCUT2D eigenvalue weighted by Crippen LogP contribution is 2.45. The Morgan fingerprint density at radius 3 is 2.00 bits per heavy atom. The zero-order chi connectivity index (χ0) is 50.9. The van der Waals surface area contributed by atoms with E-state index < -0.39 is 39.3 Å². The van der Waals surface area contributed by atoms with Crippen LogP contribution in [-0.2, 0) is 38.1 Å². The number of carbonyl (C=O) groups is 5. The zero-order valence-corrected chi connectivity index (χ0v) is 42.7. The second-order valence-corrected chi connectivity index (χ2v) is 20.5. The Morgan fingerprint density at radius 1 is 0.855 bits per heavy atom. The third-order valence-electron chi connectivity index (χ3n) is 10.9. The van der Waals surface area contributed by atoms with Crippen molar-refractivity contribution >= 4 is 82.0 Å². The minimum atomic E-state index is -1.49. The van der Waals surface area contributed by atoms with E-state index in [2.05, 4.69) is 46.6 Å². The molecule has 13 nitrogen and oxygen atoms in total. The minimum absolute atomic E-state index is 0.0451. The van der Waals surface area contributed by atoms with Crippen molar-refractivity contribution in [1.82, 2.24) is 5.32 Å². The molecule has 2 aliphatic rings. The molecule has 1 heterocycles. The molecule has 0 bridgehead atoms. The summed E-state index contributed by atoms with van der Waals surface area (Å²) in [7, 11) is 1.55. The largest absolute Gasteiger partial charge is 0.495 e. The van der Waals surface area contributed by atoms with Gasteiger partial charge in [0.1, 0.15) is 25.1 Å². The van der Waals surface area contributed by atoms with Gasteiger partial charge in [-0.2, -0.15) is 0 Å². The van der Waals surface area contributed by atoms with Crippen LogP contribution >= 0.6 is 46.4 Å². The summed E-state index contributed by atoms with van der Waals surface area (Å²) in [5.41, 5.74) is 5.26. The van der Waals surface area contributed by atoms with Crippen molar-refractivity contribution < 1.29 is 52.8 Å². The molecule has 1 aliphatic carbocycles. The van der Waals surface area contributed by atoms with Gasteiger partial charge >= 0.3 is 24.0 Å². The second kappa shape index (κ2) is 26.6. The molecule has 1 saturated heterocycles. The van der Waals surface area contributed by atoms with Gasteiger partial charge in [0.15, 0.2) is 6.10 Å². The molecule has 0 saturated carbocycles. The van der Waals surface area contributed by atoms with E-state index in [1.54, 1.807) is 45.2 Å². The first-order chi connectivity index (χ1) is 32.6. The number of carbonyl (C=O) groups excluding carboxylic acids is 4. The molecule has 4 unspecified atom stereocenters. The fraction of sp³-hybridized carbons (Fsp3) is 0.404. The van der Waals surface area contributed by atoms with Gasteiger partial charge in [-0.15, -0.1) is 0 Å². The van der Waals surface area contributed by atoms with Crippen molar-refractivity contribution in [2.75, 3.05) is 32.2 Å². The van der Waals surface area contributed by atoms with Crippen molar-refractivity contribution in [3.8, 4) is 16.9 Å². The van der Waals surface area contributed by atoms with Crippen LogP contribution in [0.2, 0.25) is 5.02 Å². The number of alkyl carbamates (subject to hydrolysis) is 1. The smallest absolute Gasteiger partial charge is 0.407 e. The maximum Gasteiger partial charge on any atom is 0.407 e. The number of amides is 2. The Bertz CT molecular complexity index is 2340. The van der Waals surface area contributed by atoms with E-state index in [0.29, 0.717) is 22.4 Å². The normalized spacial score (nSPS) is 15.7. The lowest BCUT2D eigenvalue weighted by atomic mass is 9.93. The average molecular weight is 1030 g/mol. The number of allylic oxidation sites excluding steroid dienone is 1. The van der Waals surface area contributed by atoms with E-state index in [-0.39, 0.29) is 56.1 Å². The average Bonchev–Trinajstić information content (AvgIpc) is 4.05. The molecular weight excluding hydrogens is 970 g/mol. The summed E-state index contributed by atoms with van der Waals surface area (Å²) in [4.78, 5) is 58.4. The van der Waals surface area contributed by atoms with E-state index in [9.17, 15) is 29.1 Å². The molecule has 1 aliphatic heterocycles. The van der Waals surface area contributed by atoms with Crippen LogP contribution in [0.15, 0.2) is 109 Å². The summed E-state index contributed by atoms with van der Waals surface area (Å²) in [6, 6.07) is 31.6. The number of rotatable bonds is 18. The molecule has 4 aromatic rings. The summed E-state index contributed by atoms with van der Waals surface area (Å²) >= 11 is 21.8. The number of alkyl halides is 3. The topological polar surface area (TPSA) is 179 Å². The van der Waals surface area contributed by atoms with Gasteiger partial charge in [0.2, 0.25) is 9.70 Å². The third-order valence-corrected chi connectivity index (χ3v) is 11.5. The molecular formula is C52H60Cl4N2O11. The van der Waals surface area contributed by atoms with Gasteiger partial charge in [-0.05, 0) is 97.0 Å². The van der Waals surface area contributed by atoms with Crippen molar-refractivity contribution in [3.63, 3.8) is 0 Å². The Hall–Kier alpha value is -5.31. The molecule has 1 fully saturated rings. The van der Waals surface area contributed by atoms with Gasteiger partial charge < -0.3 is 39.4 Å². The molecule has 372 valence electrons. The van der Waals surface area contributed by atoms with E-state index in [4.69, 9.17) is 65.4 Å². The molecule has 3 N–H and O–H groups in total. The number of esters is 2. The SMILES string of the molecule is CC(=O)OCC(Cl)(Cl)Cl.CC(C)CC(OC(=O)C(C)(C)CNC(=O)OCC1c2ccccc2-c2ccccc21)C(=O)O.COc1ccc(NC(=O)/C=C/CCC(C)C2OC2c2ccccc2)cc1Cl. The van der Waals surface area contributed by atoms with E-state index >= 15 is 0 Å². The first kappa shape index (κ1) is 56.3. The van der Waals surface area contributed by atoms with Crippen molar-refractivity contribution in [1.29, 1.82) is 0 Å². The molecule has 6 rings (SSSR count). The van der Waals surface area contributed by atoms with Crippen LogP contribution < -0.4 is 15.4 Å². The number of benzene rings is 4. The van der Waals surface area contributed by atoms with Gasteiger partial charge in [-0.1, -0.05) is 152 Å². The molecule has 69 heavy (non-hydrogen) atoms. The van der Waals surface area contributed by atoms with Crippen LogP contribution in [0, 0.1) is 17.3 Å². The molecule has 0 radical (unpaired) electrons. The number of halogens is 4. The number of anilines is 1. The van der Waals surface area contributed by atoms with E-state index in [1.165, 1.54) is 12.5 Å². The van der Waals surface area contributed by atoms with Crippen LogP contribution in [-0.4, -0.2) is 77.9 Å². The van der Waals surface area contributed by atoms with Gasteiger partial charge in [0.05, 0.1) is 23.7 Å². The molecule has 4 aromatic carbocycles. The number of fused-ring (bicyclic) bond motifs is 3. The number of epoxide rings is 1. The Balaban J connectivity index is 0.000000259. The highest BCUT2D eigenvalue weighted by molar-refractivity contribution is 6.67. The number of nitrogens with one attached hydrogen (secondary N) is 2. The summed E-state index contributed by atoms with van der Waals surface area (Å²) in [6.45, 7) is 10.3. The fourth-order valence-electron chi connectivity index (χ4n) is 7.22. The maximum absolute atomic E-state index is 12.5. The van der Waals surface area contributed by atoms with Crippen molar-refractivity contribution in [2.24, 2.45) is 17.3 Å². The van der Waals surface area contributed by atoms with E-state index in [1.807, 2.05) is 74.5 Å². The summed E-state index contributed by atoms with van der Waals surface area (Å²) < 4.78 is 24.5. The Kier molecular flexibility index (Phi) is 21.7. The lowest BCUT2D eigenvalue weighted by Gasteiger charge is -2.25. The number of methoxy groups -OCH3 is 1. The van der Waals surface area contributed by atoms with Gasteiger partial charge in [0.25, 0.3) is 0 Å². The molecule has 2 amide bonds. The van der Waals surface area contributed by atoms with Crippen LogP contribution in [0.5, 0.6) is 5.75 Å². The number of carboxylic acid groups (broad SMARTS) is 1. The minimum Gasteiger partial charge on any atom is -0.495 e. The van der Waals surface area contributed by atoms with E-state index in [0.717, 1.165) is 35.1 Å². The number of hydrogen-bond donors (Lipinski definition) is 3. The zero-order valence-electron chi connectivity index (χ0n) is 39.6. The van der Waals surface area contributed by atoms with Crippen molar-refractivity contribution in [2.45, 2.75) is 88.8 Å². The van der Waals surface area contributed by atoms with Gasteiger partial charge in [-0.25, -0.2) is 9.59 Å². The lowest BCUT2D eigenvalue weighted by molar-refractivity contribution is -0.171. The van der Waals surface area contributed by atoms with Crippen LogP contribution in [0.25, 0.3) is 11.1 Å². The number of hydrogen-bond acceptors (Lipinski definition) is 10. The predicted octanol–water partition coefficient (Wildman–Crippen LogP) is 11.9. The number of ether oxygens (including phenoxy) is 5. The quantitative estimate of drug-likeness (QED) is 0.0284.